The van der Waals surface area contributed by atoms with Gasteiger partial charge in [-0.2, -0.15) is 0 Å². The van der Waals surface area contributed by atoms with Crippen LogP contribution in [0.2, 0.25) is 0 Å². The van der Waals surface area contributed by atoms with Crippen LogP contribution in [0, 0.1) is 10.1 Å². The molecule has 4 nitrogen and oxygen atoms in total. The topological polar surface area (TPSA) is 46.4 Å². The number of hydrogen-bond donors (Lipinski definition) is 0. The fourth-order valence-corrected chi connectivity index (χ4v) is 2.34. The molecule has 1 aromatic carbocycles. The maximum atomic E-state index is 10.9. The summed E-state index contributed by atoms with van der Waals surface area (Å²) in [4.78, 5) is 12.9. The molecular formula is C15H23ClN2O2. The lowest BCUT2D eigenvalue weighted by molar-refractivity contribution is -0.385. The van der Waals surface area contributed by atoms with Gasteiger partial charge in [0.1, 0.15) is 0 Å². The first-order valence-electron chi connectivity index (χ1n) is 7.22. The fraction of sp³-hybridized carbons (Fsp3) is 0.600. The zero-order chi connectivity index (χ0) is 15.0. The smallest absolute Gasteiger partial charge is 0.273 e. The highest BCUT2D eigenvalue weighted by Gasteiger charge is 2.15. The Morgan fingerprint density at radius 2 is 1.80 bits per heavy atom. The monoisotopic (exact) mass is 298 g/mol. The van der Waals surface area contributed by atoms with Crippen molar-refractivity contribution < 1.29 is 4.92 Å². The van der Waals surface area contributed by atoms with E-state index in [1.807, 2.05) is 12.1 Å². The third-order valence-electron chi connectivity index (χ3n) is 3.33. The van der Waals surface area contributed by atoms with Crippen molar-refractivity contribution >= 4 is 23.0 Å². The van der Waals surface area contributed by atoms with Crippen molar-refractivity contribution in [2.24, 2.45) is 0 Å². The molecule has 1 aromatic rings. The normalized spacial score (nSPS) is 10.6. The van der Waals surface area contributed by atoms with Crippen LogP contribution in [0.15, 0.2) is 18.2 Å². The standard InChI is InChI=1S/C15H23ClN2O2/c1-3-5-9-17(10-6-4-2)14-7-8-15(18(19)20)13(11-14)12-16/h7-8,11H,3-6,9-10,12H2,1-2H3. The third-order valence-corrected chi connectivity index (χ3v) is 3.62. The van der Waals surface area contributed by atoms with Crippen molar-refractivity contribution in [1.82, 2.24) is 0 Å². The number of benzene rings is 1. The summed E-state index contributed by atoms with van der Waals surface area (Å²) in [6.45, 7) is 6.29. The number of nitro groups is 1. The van der Waals surface area contributed by atoms with E-state index >= 15 is 0 Å². The minimum Gasteiger partial charge on any atom is -0.372 e. The predicted octanol–water partition coefficient (Wildman–Crippen LogP) is 4.74. The van der Waals surface area contributed by atoms with Crippen molar-refractivity contribution in [3.05, 3.63) is 33.9 Å². The molecule has 0 amide bonds. The molecule has 20 heavy (non-hydrogen) atoms. The second-order valence-electron chi connectivity index (χ2n) is 4.90. The van der Waals surface area contributed by atoms with Crippen molar-refractivity contribution in [2.75, 3.05) is 18.0 Å². The number of hydrogen-bond acceptors (Lipinski definition) is 3. The summed E-state index contributed by atoms with van der Waals surface area (Å²) in [5, 5.41) is 10.9. The van der Waals surface area contributed by atoms with E-state index in [1.165, 1.54) is 0 Å². The maximum absolute atomic E-state index is 10.9. The highest BCUT2D eigenvalue weighted by Crippen LogP contribution is 2.27. The summed E-state index contributed by atoms with van der Waals surface area (Å²) in [6.07, 6.45) is 4.52. The lowest BCUT2D eigenvalue weighted by atomic mass is 10.1. The minimum absolute atomic E-state index is 0.106. The molecular weight excluding hydrogens is 276 g/mol. The van der Waals surface area contributed by atoms with E-state index in [2.05, 4.69) is 18.7 Å². The van der Waals surface area contributed by atoms with Gasteiger partial charge in [-0.3, -0.25) is 10.1 Å². The first-order valence-corrected chi connectivity index (χ1v) is 7.75. The Kier molecular flexibility index (Phi) is 7.37. The van der Waals surface area contributed by atoms with Gasteiger partial charge in [-0.25, -0.2) is 0 Å². The molecule has 0 N–H and O–H groups in total. The number of nitrogens with zero attached hydrogens (tertiary/aromatic N) is 2. The Morgan fingerprint density at radius 1 is 1.20 bits per heavy atom. The van der Waals surface area contributed by atoms with E-state index in [4.69, 9.17) is 11.6 Å². The van der Waals surface area contributed by atoms with Gasteiger partial charge in [0.05, 0.1) is 10.8 Å². The molecule has 0 spiro atoms. The van der Waals surface area contributed by atoms with E-state index in [9.17, 15) is 10.1 Å². The molecule has 0 aliphatic heterocycles. The second kappa shape index (κ2) is 8.80. The predicted molar refractivity (Wildman–Crippen MR) is 84.7 cm³/mol. The lowest BCUT2D eigenvalue weighted by Gasteiger charge is -2.25. The number of unbranched alkanes of at least 4 members (excludes halogenated alkanes) is 2. The van der Waals surface area contributed by atoms with Crippen LogP contribution in [0.1, 0.15) is 45.1 Å². The zero-order valence-electron chi connectivity index (χ0n) is 12.3. The molecule has 0 saturated heterocycles. The quantitative estimate of drug-likeness (QED) is 0.376. The molecule has 0 fully saturated rings. The molecule has 5 heteroatoms. The van der Waals surface area contributed by atoms with E-state index < -0.39 is 0 Å². The second-order valence-corrected chi connectivity index (χ2v) is 5.17. The SMILES string of the molecule is CCCCN(CCCC)c1ccc([N+](=O)[O-])c(CCl)c1. The van der Waals surface area contributed by atoms with Crippen LogP contribution in [0.4, 0.5) is 11.4 Å². The molecule has 0 radical (unpaired) electrons. The van der Waals surface area contributed by atoms with Gasteiger partial charge in [0, 0.05) is 30.4 Å². The molecule has 0 saturated carbocycles. The summed E-state index contributed by atoms with van der Waals surface area (Å²) in [6, 6.07) is 5.26. The van der Waals surface area contributed by atoms with Crippen LogP contribution in [0.5, 0.6) is 0 Å². The van der Waals surface area contributed by atoms with Crippen LogP contribution < -0.4 is 4.90 Å². The maximum Gasteiger partial charge on any atom is 0.273 e. The van der Waals surface area contributed by atoms with E-state index in [0.717, 1.165) is 44.5 Å². The number of anilines is 1. The Morgan fingerprint density at radius 3 is 2.25 bits per heavy atom. The first-order chi connectivity index (χ1) is 9.63. The molecule has 0 heterocycles. The molecule has 112 valence electrons. The minimum atomic E-state index is -0.371. The molecule has 0 aliphatic rings. The van der Waals surface area contributed by atoms with Crippen molar-refractivity contribution in [1.29, 1.82) is 0 Å². The van der Waals surface area contributed by atoms with Gasteiger partial charge in [-0.05, 0) is 25.0 Å². The van der Waals surface area contributed by atoms with Crippen molar-refractivity contribution in [3.8, 4) is 0 Å². The van der Waals surface area contributed by atoms with Gasteiger partial charge >= 0.3 is 0 Å². The van der Waals surface area contributed by atoms with Gasteiger partial charge in [0.15, 0.2) is 0 Å². The Labute approximate surface area is 125 Å². The van der Waals surface area contributed by atoms with Crippen LogP contribution in [-0.2, 0) is 5.88 Å². The number of nitro benzene ring substituents is 1. The van der Waals surface area contributed by atoms with Crippen LogP contribution >= 0.6 is 11.6 Å². The molecule has 1 rings (SSSR count). The largest absolute Gasteiger partial charge is 0.372 e. The van der Waals surface area contributed by atoms with Crippen molar-refractivity contribution in [2.45, 2.75) is 45.4 Å². The van der Waals surface area contributed by atoms with Crippen LogP contribution in [-0.4, -0.2) is 18.0 Å². The zero-order valence-corrected chi connectivity index (χ0v) is 13.0. The Balaban J connectivity index is 2.97. The molecule has 0 atom stereocenters. The Bertz CT molecular complexity index is 430. The van der Waals surface area contributed by atoms with E-state index in [0.29, 0.717) is 5.56 Å². The molecule has 0 aliphatic carbocycles. The van der Waals surface area contributed by atoms with Crippen LogP contribution in [0.25, 0.3) is 0 Å². The van der Waals surface area contributed by atoms with Gasteiger partial charge in [-0.1, -0.05) is 26.7 Å². The number of halogens is 1. The van der Waals surface area contributed by atoms with Crippen molar-refractivity contribution in [3.63, 3.8) is 0 Å². The summed E-state index contributed by atoms with van der Waals surface area (Å²) < 4.78 is 0. The number of alkyl halides is 1. The summed E-state index contributed by atoms with van der Waals surface area (Å²) >= 11 is 5.84. The highest BCUT2D eigenvalue weighted by molar-refractivity contribution is 6.17. The first kappa shape index (κ1) is 16.8. The number of rotatable bonds is 9. The summed E-state index contributed by atoms with van der Waals surface area (Å²) in [5.41, 5.74) is 1.73. The van der Waals surface area contributed by atoms with Gasteiger partial charge in [0.2, 0.25) is 0 Å². The lowest BCUT2D eigenvalue weighted by Crippen LogP contribution is -2.25. The third kappa shape index (κ3) is 4.67. The van der Waals surface area contributed by atoms with Crippen LogP contribution in [0.3, 0.4) is 0 Å². The Hall–Kier alpha value is -1.29. The molecule has 0 bridgehead atoms. The van der Waals surface area contributed by atoms with E-state index in [-0.39, 0.29) is 16.5 Å². The average Bonchev–Trinajstić information content (AvgIpc) is 2.46. The van der Waals surface area contributed by atoms with Gasteiger partial charge in [-0.15, -0.1) is 11.6 Å². The summed E-state index contributed by atoms with van der Waals surface area (Å²) in [7, 11) is 0. The average molecular weight is 299 g/mol. The highest BCUT2D eigenvalue weighted by atomic mass is 35.5. The van der Waals surface area contributed by atoms with E-state index in [1.54, 1.807) is 6.07 Å². The molecule has 0 aromatic heterocycles. The van der Waals surface area contributed by atoms with Gasteiger partial charge in [0.25, 0.3) is 5.69 Å². The summed E-state index contributed by atoms with van der Waals surface area (Å²) in [5.74, 6) is 0.166. The fourth-order valence-electron chi connectivity index (χ4n) is 2.12. The van der Waals surface area contributed by atoms with Gasteiger partial charge < -0.3 is 4.90 Å². The molecule has 0 unspecified atom stereocenters.